The molecular weight excluding hydrogens is 302 g/mol. The van der Waals surface area contributed by atoms with Crippen LogP contribution in [0.4, 0.5) is 6.01 Å². The fourth-order valence-electron chi connectivity index (χ4n) is 1.76. The number of ether oxygens (including phenoxy) is 1. The lowest BCUT2D eigenvalue weighted by molar-refractivity contribution is -0.118. The molecule has 0 spiro atoms. The van der Waals surface area contributed by atoms with Crippen LogP contribution in [0.3, 0.4) is 0 Å². The molecule has 112 valence electrons. The fraction of sp³-hybridized carbons (Fsp3) is 0.133. The first-order valence-corrected chi connectivity index (χ1v) is 7.50. The van der Waals surface area contributed by atoms with E-state index in [2.05, 4.69) is 15.5 Å². The molecule has 0 unspecified atom stereocenters. The number of nitrogens with one attached hydrogen (secondary N) is 1. The lowest BCUT2D eigenvalue weighted by atomic mass is 10.3. The highest BCUT2D eigenvalue weighted by Crippen LogP contribution is 2.15. The molecule has 1 aromatic carbocycles. The Kier molecular flexibility index (Phi) is 4.45. The quantitative estimate of drug-likeness (QED) is 0.757. The van der Waals surface area contributed by atoms with E-state index in [0.29, 0.717) is 18.1 Å². The van der Waals surface area contributed by atoms with E-state index in [1.807, 2.05) is 35.7 Å². The van der Waals surface area contributed by atoms with Gasteiger partial charge < -0.3 is 9.15 Å². The number of rotatable bonds is 6. The molecular formula is C15H13N3O3S. The van der Waals surface area contributed by atoms with Crippen molar-refractivity contribution in [2.45, 2.75) is 6.42 Å². The van der Waals surface area contributed by atoms with E-state index in [0.717, 1.165) is 4.88 Å². The number of nitrogens with zero attached hydrogens (tertiary/aromatic N) is 2. The van der Waals surface area contributed by atoms with Crippen molar-refractivity contribution in [2.75, 3.05) is 11.9 Å². The summed E-state index contributed by atoms with van der Waals surface area (Å²) in [5, 5.41) is 12.2. The number of hydrogen-bond donors (Lipinski definition) is 1. The largest absolute Gasteiger partial charge is 0.484 e. The second kappa shape index (κ2) is 6.86. The van der Waals surface area contributed by atoms with Gasteiger partial charge in [-0.25, -0.2) is 0 Å². The molecule has 2 aromatic heterocycles. The van der Waals surface area contributed by atoms with Crippen LogP contribution in [-0.2, 0) is 11.2 Å². The summed E-state index contributed by atoms with van der Waals surface area (Å²) in [6.45, 7) is -0.118. The predicted octanol–water partition coefficient (Wildman–Crippen LogP) is 2.74. The fourth-order valence-corrected chi connectivity index (χ4v) is 2.45. The van der Waals surface area contributed by atoms with E-state index < -0.39 is 0 Å². The van der Waals surface area contributed by atoms with Crippen LogP contribution in [0.25, 0.3) is 0 Å². The van der Waals surface area contributed by atoms with E-state index >= 15 is 0 Å². The molecule has 0 aliphatic heterocycles. The first-order valence-electron chi connectivity index (χ1n) is 6.62. The van der Waals surface area contributed by atoms with Gasteiger partial charge in [-0.05, 0) is 23.6 Å². The van der Waals surface area contributed by atoms with Crippen LogP contribution < -0.4 is 10.1 Å². The van der Waals surface area contributed by atoms with Gasteiger partial charge in [0.05, 0.1) is 6.42 Å². The molecule has 2 heterocycles. The van der Waals surface area contributed by atoms with Crippen LogP contribution in [0, 0.1) is 0 Å². The summed E-state index contributed by atoms with van der Waals surface area (Å²) in [7, 11) is 0. The van der Waals surface area contributed by atoms with E-state index in [1.165, 1.54) is 0 Å². The molecule has 1 amide bonds. The Hall–Kier alpha value is -2.67. The van der Waals surface area contributed by atoms with E-state index in [4.69, 9.17) is 9.15 Å². The molecule has 0 aliphatic carbocycles. The molecule has 7 heteroatoms. The Morgan fingerprint density at radius 3 is 2.82 bits per heavy atom. The summed E-state index contributed by atoms with van der Waals surface area (Å²) in [5.74, 6) is 0.735. The Morgan fingerprint density at radius 2 is 2.05 bits per heavy atom. The summed E-state index contributed by atoms with van der Waals surface area (Å²) in [5.41, 5.74) is 0. The molecule has 22 heavy (non-hydrogen) atoms. The van der Waals surface area contributed by atoms with Crippen LogP contribution in [0.15, 0.2) is 52.3 Å². The van der Waals surface area contributed by atoms with Crippen molar-refractivity contribution < 1.29 is 13.9 Å². The smallest absolute Gasteiger partial charge is 0.322 e. The van der Waals surface area contributed by atoms with Gasteiger partial charge in [0.15, 0.2) is 6.61 Å². The van der Waals surface area contributed by atoms with Crippen LogP contribution in [0.2, 0.25) is 0 Å². The van der Waals surface area contributed by atoms with E-state index in [9.17, 15) is 4.79 Å². The van der Waals surface area contributed by atoms with Gasteiger partial charge in [-0.2, -0.15) is 0 Å². The van der Waals surface area contributed by atoms with Gasteiger partial charge in [0, 0.05) is 4.88 Å². The Labute approximate surface area is 130 Å². The molecule has 0 saturated carbocycles. The molecule has 0 aliphatic rings. The van der Waals surface area contributed by atoms with Crippen molar-refractivity contribution in [2.24, 2.45) is 0 Å². The standard InChI is InChI=1S/C15H13N3O3S/c19-13(10-20-11-5-2-1-3-6-11)16-15-18-17-14(21-15)9-12-7-4-8-22-12/h1-8H,9-10H2,(H,16,18,19). The van der Waals surface area contributed by atoms with Gasteiger partial charge in [0.2, 0.25) is 5.89 Å². The number of benzene rings is 1. The zero-order valence-electron chi connectivity index (χ0n) is 11.6. The average molecular weight is 315 g/mol. The Bertz CT molecular complexity index is 726. The Morgan fingerprint density at radius 1 is 1.18 bits per heavy atom. The molecule has 0 fully saturated rings. The van der Waals surface area contributed by atoms with Crippen LogP contribution in [0.5, 0.6) is 5.75 Å². The highest BCUT2D eigenvalue weighted by atomic mass is 32.1. The number of carbonyl (C=O) groups is 1. The van der Waals surface area contributed by atoms with E-state index in [-0.39, 0.29) is 18.5 Å². The second-order valence-electron chi connectivity index (χ2n) is 4.41. The Balaban J connectivity index is 1.50. The molecule has 3 aromatic rings. The lowest BCUT2D eigenvalue weighted by Crippen LogP contribution is -2.20. The first-order chi connectivity index (χ1) is 10.8. The summed E-state index contributed by atoms with van der Waals surface area (Å²) < 4.78 is 10.7. The third kappa shape index (κ3) is 3.92. The minimum Gasteiger partial charge on any atom is -0.484 e. The van der Waals surface area contributed by atoms with Crippen molar-refractivity contribution in [1.29, 1.82) is 0 Å². The molecule has 0 radical (unpaired) electrons. The minimum atomic E-state index is -0.352. The van der Waals surface area contributed by atoms with Gasteiger partial charge >= 0.3 is 6.01 Å². The molecule has 0 saturated heterocycles. The molecule has 1 N–H and O–H groups in total. The van der Waals surface area contributed by atoms with Crippen molar-refractivity contribution in [3.8, 4) is 5.75 Å². The van der Waals surface area contributed by atoms with Crippen molar-refractivity contribution in [1.82, 2.24) is 10.2 Å². The van der Waals surface area contributed by atoms with E-state index in [1.54, 1.807) is 23.5 Å². The summed E-state index contributed by atoms with van der Waals surface area (Å²) in [6.07, 6.45) is 0.557. The van der Waals surface area contributed by atoms with Gasteiger partial charge in [0.1, 0.15) is 5.75 Å². The maximum absolute atomic E-state index is 11.8. The normalized spacial score (nSPS) is 10.4. The highest BCUT2D eigenvalue weighted by molar-refractivity contribution is 7.09. The third-order valence-corrected chi connectivity index (χ3v) is 3.61. The third-order valence-electron chi connectivity index (χ3n) is 2.73. The number of anilines is 1. The number of hydrogen-bond acceptors (Lipinski definition) is 6. The van der Waals surface area contributed by atoms with Crippen LogP contribution in [0.1, 0.15) is 10.8 Å². The van der Waals surface area contributed by atoms with Gasteiger partial charge in [-0.3, -0.25) is 10.1 Å². The maximum atomic E-state index is 11.8. The number of thiophene rings is 1. The highest BCUT2D eigenvalue weighted by Gasteiger charge is 2.11. The molecule has 3 rings (SSSR count). The number of carbonyl (C=O) groups excluding carboxylic acids is 1. The maximum Gasteiger partial charge on any atom is 0.322 e. The SMILES string of the molecule is O=C(COc1ccccc1)Nc1nnc(Cc2cccs2)o1. The first kappa shape index (κ1) is 14.3. The summed E-state index contributed by atoms with van der Waals surface area (Å²) in [4.78, 5) is 12.9. The second-order valence-corrected chi connectivity index (χ2v) is 5.44. The summed E-state index contributed by atoms with van der Waals surface area (Å²) >= 11 is 1.61. The summed E-state index contributed by atoms with van der Waals surface area (Å²) in [6, 6.07) is 13.1. The zero-order valence-corrected chi connectivity index (χ0v) is 12.4. The predicted molar refractivity (Wildman–Crippen MR) is 82.0 cm³/mol. The number of aromatic nitrogens is 2. The topological polar surface area (TPSA) is 77.2 Å². The van der Waals surface area contributed by atoms with Crippen LogP contribution in [-0.4, -0.2) is 22.7 Å². The van der Waals surface area contributed by atoms with Gasteiger partial charge in [-0.1, -0.05) is 29.4 Å². The van der Waals surface area contributed by atoms with Crippen molar-refractivity contribution >= 4 is 23.3 Å². The minimum absolute atomic E-state index is 0.0771. The zero-order chi connectivity index (χ0) is 15.2. The van der Waals surface area contributed by atoms with Crippen LogP contribution >= 0.6 is 11.3 Å². The molecule has 6 nitrogen and oxygen atoms in total. The number of para-hydroxylation sites is 1. The average Bonchev–Trinajstić information content (AvgIpc) is 3.19. The number of amides is 1. The monoisotopic (exact) mass is 315 g/mol. The van der Waals surface area contributed by atoms with Crippen molar-refractivity contribution in [3.63, 3.8) is 0 Å². The van der Waals surface area contributed by atoms with Gasteiger partial charge in [-0.15, -0.1) is 16.4 Å². The molecule has 0 bridgehead atoms. The molecule has 0 atom stereocenters. The van der Waals surface area contributed by atoms with Crippen molar-refractivity contribution in [3.05, 3.63) is 58.6 Å². The lowest BCUT2D eigenvalue weighted by Gasteiger charge is -2.04. The van der Waals surface area contributed by atoms with Gasteiger partial charge in [0.25, 0.3) is 5.91 Å².